The van der Waals surface area contributed by atoms with Gasteiger partial charge in [0.05, 0.1) is 17.9 Å². The van der Waals surface area contributed by atoms with Gasteiger partial charge in [0.25, 0.3) is 5.91 Å². The predicted octanol–water partition coefficient (Wildman–Crippen LogP) is -1.25. The highest BCUT2D eigenvalue weighted by Gasteiger charge is 2.17. The van der Waals surface area contributed by atoms with E-state index in [0.717, 1.165) is 0 Å². The summed E-state index contributed by atoms with van der Waals surface area (Å²) < 4.78 is 1.44. The van der Waals surface area contributed by atoms with Gasteiger partial charge in [-0.2, -0.15) is 10.3 Å². The second-order valence-corrected chi connectivity index (χ2v) is 3.48. The normalized spacial score (nSPS) is 10.5. The van der Waals surface area contributed by atoms with Crippen LogP contribution in [0.25, 0.3) is 0 Å². The van der Waals surface area contributed by atoms with Crippen molar-refractivity contribution in [2.24, 2.45) is 7.05 Å². The number of nitrogens with one attached hydrogen (secondary N) is 2. The van der Waals surface area contributed by atoms with Crippen LogP contribution in [-0.4, -0.2) is 36.3 Å². The fourth-order valence-corrected chi connectivity index (χ4v) is 1.44. The summed E-state index contributed by atoms with van der Waals surface area (Å²) in [5.74, 6) is 0.0752. The molecule has 1 amide bonds. The van der Waals surface area contributed by atoms with Crippen LogP contribution in [0.3, 0.4) is 0 Å². The number of aryl methyl sites for hydroxylation is 2. The van der Waals surface area contributed by atoms with E-state index in [1.807, 2.05) is 0 Å². The molecule has 2 rings (SSSR count). The molecule has 0 atom stereocenters. The number of aromatic amines is 1. The van der Waals surface area contributed by atoms with E-state index in [2.05, 4.69) is 31.0 Å². The predicted molar refractivity (Wildman–Crippen MR) is 57.7 cm³/mol. The fourth-order valence-electron chi connectivity index (χ4n) is 1.44. The van der Waals surface area contributed by atoms with Crippen LogP contribution in [0.2, 0.25) is 0 Å². The molecule has 0 aliphatic heterocycles. The lowest BCUT2D eigenvalue weighted by molar-refractivity contribution is 0.0941. The smallest absolute Gasteiger partial charge is 0.272 e. The standard InChI is InChI=1S/C8H12N8O/c1-4-6(9)7(16(2)13-4)8(17)10-3-5-11-14-15-12-5/h3,9H2,1-2H3,(H,10,17)(H,11,12,14,15). The van der Waals surface area contributed by atoms with Gasteiger partial charge in [-0.1, -0.05) is 5.21 Å². The van der Waals surface area contributed by atoms with Crippen LogP contribution < -0.4 is 11.1 Å². The first-order valence-electron chi connectivity index (χ1n) is 4.89. The van der Waals surface area contributed by atoms with Crippen LogP contribution in [0.5, 0.6) is 0 Å². The molecule has 0 aliphatic rings. The van der Waals surface area contributed by atoms with Crippen molar-refractivity contribution in [1.29, 1.82) is 0 Å². The summed E-state index contributed by atoms with van der Waals surface area (Å²) in [6.45, 7) is 1.92. The summed E-state index contributed by atoms with van der Waals surface area (Å²) in [5, 5.41) is 19.8. The number of carbonyl (C=O) groups is 1. The Hall–Kier alpha value is -2.45. The Morgan fingerprint density at radius 2 is 2.35 bits per heavy atom. The minimum absolute atomic E-state index is 0.180. The number of carbonyl (C=O) groups excluding carboxylic acids is 1. The SMILES string of the molecule is Cc1nn(C)c(C(=O)NCc2nn[nH]n2)c1N. The van der Waals surface area contributed by atoms with Crippen molar-refractivity contribution < 1.29 is 4.79 Å². The fraction of sp³-hybridized carbons (Fsp3) is 0.375. The van der Waals surface area contributed by atoms with Gasteiger partial charge in [0, 0.05) is 7.05 Å². The maximum absolute atomic E-state index is 11.9. The third-order valence-electron chi connectivity index (χ3n) is 2.28. The zero-order valence-corrected chi connectivity index (χ0v) is 9.43. The Bertz CT molecular complexity index is 528. The molecule has 0 saturated heterocycles. The number of anilines is 1. The summed E-state index contributed by atoms with van der Waals surface area (Å²) in [6, 6.07) is 0. The van der Waals surface area contributed by atoms with Crippen LogP contribution in [0.1, 0.15) is 22.0 Å². The third-order valence-corrected chi connectivity index (χ3v) is 2.28. The Kier molecular flexibility index (Phi) is 2.73. The van der Waals surface area contributed by atoms with Crippen molar-refractivity contribution in [3.63, 3.8) is 0 Å². The Balaban J connectivity index is 2.10. The molecule has 2 aromatic rings. The van der Waals surface area contributed by atoms with Gasteiger partial charge in [0.1, 0.15) is 5.69 Å². The molecule has 0 radical (unpaired) electrons. The van der Waals surface area contributed by atoms with Gasteiger partial charge in [-0.25, -0.2) is 0 Å². The molecular formula is C8H12N8O. The summed E-state index contributed by atoms with van der Waals surface area (Å²) >= 11 is 0. The first-order valence-corrected chi connectivity index (χ1v) is 4.89. The average Bonchev–Trinajstić information content (AvgIpc) is 2.86. The second kappa shape index (κ2) is 4.20. The zero-order valence-electron chi connectivity index (χ0n) is 9.43. The average molecular weight is 236 g/mol. The van der Waals surface area contributed by atoms with Crippen LogP contribution in [0.15, 0.2) is 0 Å². The molecule has 9 nitrogen and oxygen atoms in total. The number of hydrogen-bond donors (Lipinski definition) is 3. The Morgan fingerprint density at radius 1 is 1.59 bits per heavy atom. The van der Waals surface area contributed by atoms with Gasteiger partial charge in [-0.05, 0) is 6.92 Å². The van der Waals surface area contributed by atoms with Gasteiger partial charge in [-0.3, -0.25) is 9.48 Å². The molecule has 0 fully saturated rings. The quantitative estimate of drug-likeness (QED) is 0.611. The largest absolute Gasteiger partial charge is 0.395 e. The van der Waals surface area contributed by atoms with Gasteiger partial charge in [0.15, 0.2) is 5.82 Å². The van der Waals surface area contributed by atoms with Crippen LogP contribution in [0, 0.1) is 6.92 Å². The minimum atomic E-state index is -0.324. The molecule has 4 N–H and O–H groups in total. The molecule has 0 aliphatic carbocycles. The van der Waals surface area contributed by atoms with Crippen molar-refractivity contribution in [2.75, 3.05) is 5.73 Å². The molecule has 0 aromatic carbocycles. The van der Waals surface area contributed by atoms with E-state index in [4.69, 9.17) is 5.73 Å². The van der Waals surface area contributed by atoms with Crippen LogP contribution >= 0.6 is 0 Å². The van der Waals surface area contributed by atoms with E-state index in [1.54, 1.807) is 14.0 Å². The number of amides is 1. The monoisotopic (exact) mass is 236 g/mol. The topological polar surface area (TPSA) is 127 Å². The van der Waals surface area contributed by atoms with Crippen LogP contribution in [0.4, 0.5) is 5.69 Å². The highest BCUT2D eigenvalue weighted by Crippen LogP contribution is 2.14. The first-order chi connectivity index (χ1) is 8.09. The van der Waals surface area contributed by atoms with E-state index in [1.165, 1.54) is 4.68 Å². The van der Waals surface area contributed by atoms with Crippen molar-refractivity contribution in [3.8, 4) is 0 Å². The van der Waals surface area contributed by atoms with Crippen molar-refractivity contribution in [3.05, 3.63) is 17.2 Å². The van der Waals surface area contributed by atoms with Gasteiger partial charge < -0.3 is 11.1 Å². The minimum Gasteiger partial charge on any atom is -0.395 e. The van der Waals surface area contributed by atoms with Crippen molar-refractivity contribution in [1.82, 2.24) is 35.7 Å². The van der Waals surface area contributed by atoms with E-state index in [-0.39, 0.29) is 12.5 Å². The Labute approximate surface area is 96.4 Å². The molecule has 0 bridgehead atoms. The summed E-state index contributed by atoms with van der Waals surface area (Å²) in [7, 11) is 1.66. The lowest BCUT2D eigenvalue weighted by Gasteiger charge is -2.03. The summed E-state index contributed by atoms with van der Waals surface area (Å²) in [4.78, 5) is 11.9. The molecule has 2 heterocycles. The molecule has 2 aromatic heterocycles. The van der Waals surface area contributed by atoms with Gasteiger partial charge in [-0.15, -0.1) is 10.2 Å². The second-order valence-electron chi connectivity index (χ2n) is 3.48. The number of nitrogens with two attached hydrogens (primary N) is 1. The highest BCUT2D eigenvalue weighted by molar-refractivity contribution is 5.97. The number of nitrogens with zero attached hydrogens (tertiary/aromatic N) is 5. The summed E-state index contributed by atoms with van der Waals surface area (Å²) in [6.07, 6.45) is 0. The highest BCUT2D eigenvalue weighted by atomic mass is 16.2. The van der Waals surface area contributed by atoms with Gasteiger partial charge >= 0.3 is 0 Å². The third kappa shape index (κ3) is 2.07. The lowest BCUT2D eigenvalue weighted by atomic mass is 10.3. The molecule has 0 spiro atoms. The van der Waals surface area contributed by atoms with E-state index >= 15 is 0 Å². The molecule has 90 valence electrons. The van der Waals surface area contributed by atoms with Crippen LogP contribution in [-0.2, 0) is 13.6 Å². The van der Waals surface area contributed by atoms with Crippen molar-refractivity contribution in [2.45, 2.75) is 13.5 Å². The first kappa shape index (κ1) is 11.0. The molecule has 17 heavy (non-hydrogen) atoms. The number of tetrazole rings is 1. The molecule has 0 saturated carbocycles. The van der Waals surface area contributed by atoms with Gasteiger partial charge in [0.2, 0.25) is 0 Å². The van der Waals surface area contributed by atoms with E-state index in [9.17, 15) is 4.79 Å². The van der Waals surface area contributed by atoms with E-state index in [0.29, 0.717) is 22.9 Å². The number of H-pyrrole nitrogens is 1. The Morgan fingerprint density at radius 3 is 2.88 bits per heavy atom. The molecular weight excluding hydrogens is 224 g/mol. The number of rotatable bonds is 3. The number of hydrogen-bond acceptors (Lipinski definition) is 6. The molecule has 0 unspecified atom stereocenters. The maximum Gasteiger partial charge on any atom is 0.272 e. The number of nitrogen functional groups attached to an aromatic ring is 1. The lowest BCUT2D eigenvalue weighted by Crippen LogP contribution is -2.26. The maximum atomic E-state index is 11.9. The molecule has 9 heteroatoms. The van der Waals surface area contributed by atoms with Crippen molar-refractivity contribution >= 4 is 11.6 Å². The summed E-state index contributed by atoms with van der Waals surface area (Å²) in [5.41, 5.74) is 7.08. The zero-order chi connectivity index (χ0) is 12.4. The number of aromatic nitrogens is 6. The van der Waals surface area contributed by atoms with E-state index < -0.39 is 0 Å².